The lowest BCUT2D eigenvalue weighted by Gasteiger charge is -2.31. The van der Waals surface area contributed by atoms with Crippen LogP contribution in [-0.2, 0) is 17.3 Å². The summed E-state index contributed by atoms with van der Waals surface area (Å²) >= 11 is 0. The zero-order valence-electron chi connectivity index (χ0n) is 58.0. The molecule has 1 unspecified atom stereocenters. The van der Waals surface area contributed by atoms with Crippen molar-refractivity contribution in [3.05, 3.63) is 386 Å². The highest BCUT2D eigenvalue weighted by Crippen LogP contribution is 2.55. The summed E-state index contributed by atoms with van der Waals surface area (Å²) in [7, 11) is 0. The van der Waals surface area contributed by atoms with E-state index in [4.69, 9.17) is 8.83 Å². The molecule has 0 radical (unpaired) electrons. The molecule has 0 saturated heterocycles. The van der Waals surface area contributed by atoms with Gasteiger partial charge in [-0.1, -0.05) is 269 Å². The van der Waals surface area contributed by atoms with Crippen LogP contribution < -0.4 is 9.80 Å². The van der Waals surface area contributed by atoms with Gasteiger partial charge in [-0.3, -0.25) is 0 Å². The minimum atomic E-state index is -0.380. The molecular weight excluding hydrogens is 1260 g/mol. The molecule has 18 aromatic rings. The maximum atomic E-state index is 6.25. The van der Waals surface area contributed by atoms with Gasteiger partial charge in [0.1, 0.15) is 22.3 Å². The molecule has 2 aliphatic rings. The summed E-state index contributed by atoms with van der Waals surface area (Å²) in [4.78, 5) is 4.86. The molecule has 104 heavy (non-hydrogen) atoms. The summed E-state index contributed by atoms with van der Waals surface area (Å²) in [5.74, 6) is 0. The molecule has 2 aromatic heterocycles. The molecule has 0 spiro atoms. The van der Waals surface area contributed by atoms with E-state index in [0.29, 0.717) is 0 Å². The Balaban J connectivity index is 0.648. The van der Waals surface area contributed by atoms with Gasteiger partial charge in [0.15, 0.2) is 0 Å². The number of furan rings is 2. The maximum Gasteiger partial charge on any atom is 0.135 e. The number of nitrogens with zero attached hydrogens (tertiary/aromatic N) is 2. The highest BCUT2D eigenvalue weighted by molar-refractivity contribution is 6.08. The smallest absolute Gasteiger partial charge is 0.135 e. The summed E-state index contributed by atoms with van der Waals surface area (Å²) in [6, 6.07) is 132. The van der Waals surface area contributed by atoms with Gasteiger partial charge in [-0.15, -0.1) is 0 Å². The van der Waals surface area contributed by atoms with Gasteiger partial charge in [0.25, 0.3) is 0 Å². The van der Waals surface area contributed by atoms with Gasteiger partial charge < -0.3 is 18.6 Å². The topological polar surface area (TPSA) is 32.8 Å². The molecule has 2 heterocycles. The quantitative estimate of drug-likeness (QED) is 0.115. The van der Waals surface area contributed by atoms with E-state index in [1.54, 1.807) is 0 Å². The van der Waals surface area contributed by atoms with E-state index < -0.39 is 0 Å². The summed E-state index contributed by atoms with van der Waals surface area (Å²) in [6.45, 7) is 7.20. The average Bonchev–Trinajstić information content (AvgIpc) is 1.57. The summed E-state index contributed by atoms with van der Waals surface area (Å²) in [5, 5.41) is 7.00. The fourth-order valence-corrected chi connectivity index (χ4v) is 17.3. The van der Waals surface area contributed by atoms with E-state index in [1.807, 2.05) is 24.3 Å². The molecular formula is C100H70N2O2. The first-order chi connectivity index (χ1) is 51.1. The number of anilines is 6. The van der Waals surface area contributed by atoms with Gasteiger partial charge in [0.05, 0.1) is 0 Å². The third-order valence-corrected chi connectivity index (χ3v) is 22.6. The van der Waals surface area contributed by atoms with Gasteiger partial charge in [-0.25, -0.2) is 0 Å². The molecule has 16 aromatic carbocycles. The van der Waals surface area contributed by atoms with Crippen molar-refractivity contribution in [2.45, 2.75) is 38.0 Å². The van der Waals surface area contributed by atoms with E-state index in [2.05, 4.69) is 364 Å². The number of benzene rings is 16. The van der Waals surface area contributed by atoms with Crippen LogP contribution in [0.15, 0.2) is 367 Å². The maximum absolute atomic E-state index is 6.25. The average molecular weight is 1330 g/mol. The first-order valence-corrected chi connectivity index (χ1v) is 36.1. The van der Waals surface area contributed by atoms with Gasteiger partial charge in [0.2, 0.25) is 0 Å². The van der Waals surface area contributed by atoms with Crippen LogP contribution in [0.25, 0.3) is 133 Å². The Kier molecular flexibility index (Phi) is 14.1. The number of para-hydroxylation sites is 2. The lowest BCUT2D eigenvalue weighted by molar-refractivity contribution is 0.585. The second-order valence-electron chi connectivity index (χ2n) is 28.9. The second kappa shape index (κ2) is 24.1. The Labute approximate surface area is 605 Å². The SMILES string of the molecule is CC1(C)c2ccccc2-c2ccc(N(c3ccc(-c4ccc5oc6ccccc6c5c4)cc3)c3ccc(-c4cccc5c(CC6(C)c7ccccc7-c7ccc(N(c8ccc(-c9ccc(-c%10ccccc%10)cc9)cc8)c8ccc(-c9ccc%10oc%11ccccc%11c%10c9)cc8)cc76)cccc45)cc3)cc21. The van der Waals surface area contributed by atoms with E-state index in [-0.39, 0.29) is 10.8 Å². The molecule has 0 amide bonds. The fourth-order valence-electron chi connectivity index (χ4n) is 17.3. The van der Waals surface area contributed by atoms with Crippen LogP contribution in [0.4, 0.5) is 34.1 Å². The first kappa shape index (κ1) is 60.9. The number of hydrogen-bond donors (Lipinski definition) is 0. The lowest BCUT2D eigenvalue weighted by Crippen LogP contribution is -2.24. The normalized spacial score (nSPS) is 14.1. The molecule has 4 nitrogen and oxygen atoms in total. The van der Waals surface area contributed by atoms with Gasteiger partial charge >= 0.3 is 0 Å². The van der Waals surface area contributed by atoms with Crippen LogP contribution in [0, 0.1) is 0 Å². The first-order valence-electron chi connectivity index (χ1n) is 36.1. The highest BCUT2D eigenvalue weighted by atomic mass is 16.3. The van der Waals surface area contributed by atoms with Crippen molar-refractivity contribution in [3.63, 3.8) is 0 Å². The standard InChI is InChI=1S/C100H70N2O2/c1-99(2)91-27-11-7-20-83(91)85-55-53-78(61-93(85)99)101(75-47-37-68(38-48-75)71-43-57-97-89(59-71)87-22-9-13-29-95(87)103-97)77-51-41-70(42-52-77)80-24-16-25-81-73(19-15-26-82(80)81)63-100(3)92-28-12-8-21-84(92)86-56-54-79(62-94(86)100)102(74-45-35-67(36-46-74)66-33-31-65(32-34-66)64-17-5-4-6-18-64)76-49-39-69(40-50-76)72-44-58-98-90(60-72)88-23-10-14-30-96(88)104-98/h4-62H,63H2,1-3H3. The van der Waals surface area contributed by atoms with Crippen molar-refractivity contribution in [2.75, 3.05) is 9.80 Å². The predicted molar refractivity (Wildman–Crippen MR) is 435 cm³/mol. The van der Waals surface area contributed by atoms with Crippen LogP contribution in [0.1, 0.15) is 48.6 Å². The Morgan fingerprint density at radius 2 is 0.577 bits per heavy atom. The number of rotatable bonds is 13. The number of fused-ring (bicyclic) bond motifs is 13. The molecule has 1 atom stereocenters. The van der Waals surface area contributed by atoms with Crippen LogP contribution >= 0.6 is 0 Å². The van der Waals surface area contributed by atoms with E-state index in [9.17, 15) is 0 Å². The molecule has 0 fully saturated rings. The lowest BCUT2D eigenvalue weighted by atomic mass is 9.74. The molecule has 0 N–H and O–H groups in total. The zero-order chi connectivity index (χ0) is 69.2. The summed E-state index contributed by atoms with van der Waals surface area (Å²) in [5.41, 5.74) is 33.2. The van der Waals surface area contributed by atoms with E-state index >= 15 is 0 Å². The summed E-state index contributed by atoms with van der Waals surface area (Å²) in [6.07, 6.45) is 0.800. The molecule has 0 aliphatic heterocycles. The predicted octanol–water partition coefficient (Wildman–Crippen LogP) is 27.7. The second-order valence-corrected chi connectivity index (χ2v) is 28.9. The van der Waals surface area contributed by atoms with E-state index in [0.717, 1.165) is 107 Å². The minimum absolute atomic E-state index is 0.160. The van der Waals surface area contributed by atoms with Crippen molar-refractivity contribution >= 4 is 88.8 Å². The summed E-state index contributed by atoms with van der Waals surface area (Å²) < 4.78 is 12.5. The highest BCUT2D eigenvalue weighted by Gasteiger charge is 2.41. The van der Waals surface area contributed by atoms with Crippen molar-refractivity contribution < 1.29 is 8.83 Å². The molecule has 4 heteroatoms. The Morgan fingerprint density at radius 3 is 1.12 bits per heavy atom. The van der Waals surface area contributed by atoms with Crippen molar-refractivity contribution in [2.24, 2.45) is 0 Å². The Morgan fingerprint density at radius 1 is 0.221 bits per heavy atom. The Hall–Kier alpha value is -13.0. The van der Waals surface area contributed by atoms with Crippen LogP contribution in [0.3, 0.4) is 0 Å². The van der Waals surface area contributed by atoms with Crippen molar-refractivity contribution in [1.29, 1.82) is 0 Å². The van der Waals surface area contributed by atoms with Gasteiger partial charge in [-0.05, 0) is 232 Å². The number of hydrogen-bond acceptors (Lipinski definition) is 4. The molecule has 492 valence electrons. The third kappa shape index (κ3) is 10.0. The molecule has 0 bridgehead atoms. The van der Waals surface area contributed by atoms with Crippen molar-refractivity contribution in [1.82, 2.24) is 0 Å². The monoisotopic (exact) mass is 1330 g/mol. The Bertz CT molecular complexity index is 6400. The largest absolute Gasteiger partial charge is 0.456 e. The van der Waals surface area contributed by atoms with Crippen LogP contribution in [0.5, 0.6) is 0 Å². The van der Waals surface area contributed by atoms with Gasteiger partial charge in [-0.2, -0.15) is 0 Å². The van der Waals surface area contributed by atoms with E-state index in [1.165, 1.54) is 94.2 Å². The minimum Gasteiger partial charge on any atom is -0.456 e. The zero-order valence-corrected chi connectivity index (χ0v) is 58.0. The molecule has 2 aliphatic carbocycles. The molecule has 20 rings (SSSR count). The van der Waals surface area contributed by atoms with Crippen molar-refractivity contribution in [3.8, 4) is 77.9 Å². The third-order valence-electron chi connectivity index (χ3n) is 22.6. The van der Waals surface area contributed by atoms with Gasteiger partial charge in [0, 0.05) is 66.5 Å². The fraction of sp³-hybridized carbons (Fsp3) is 0.0600. The molecule has 0 saturated carbocycles. The van der Waals surface area contributed by atoms with Crippen LogP contribution in [0.2, 0.25) is 0 Å². The van der Waals surface area contributed by atoms with Crippen LogP contribution in [-0.4, -0.2) is 0 Å².